The average molecular weight is 247 g/mol. The summed E-state index contributed by atoms with van der Waals surface area (Å²) < 4.78 is 18.5. The Balaban J connectivity index is 3.44. The van der Waals surface area contributed by atoms with Crippen LogP contribution in [0.3, 0.4) is 0 Å². The van der Waals surface area contributed by atoms with Crippen molar-refractivity contribution in [1.29, 1.82) is 0 Å². The van der Waals surface area contributed by atoms with Crippen molar-refractivity contribution in [2.24, 2.45) is 0 Å². The summed E-state index contributed by atoms with van der Waals surface area (Å²) in [5, 5.41) is 8.82. The molecule has 0 bridgehead atoms. The number of hydrogen-bond acceptors (Lipinski definition) is 2. The number of rotatable bonds is 3. The molecule has 0 spiro atoms. The predicted octanol–water partition coefficient (Wildman–Crippen LogP) is 2.98. The highest BCUT2D eigenvalue weighted by atomic mass is 35.5. The Morgan fingerprint density at radius 3 is 2.62 bits per heavy atom. The van der Waals surface area contributed by atoms with E-state index in [-0.39, 0.29) is 16.3 Å². The monoisotopic (exact) mass is 246 g/mol. The first-order valence-corrected chi connectivity index (χ1v) is 5.03. The van der Waals surface area contributed by atoms with Gasteiger partial charge in [-0.25, -0.2) is 4.39 Å². The van der Waals surface area contributed by atoms with Crippen LogP contribution >= 0.6 is 11.6 Å². The van der Waals surface area contributed by atoms with E-state index in [1.807, 2.05) is 0 Å². The van der Waals surface area contributed by atoms with E-state index < -0.39 is 17.7 Å². The number of ether oxygens (including phenoxy) is 1. The Hall–Kier alpha value is -1.29. The second kappa shape index (κ2) is 4.70. The molecule has 0 aliphatic rings. The fraction of sp³-hybridized carbons (Fsp3) is 0.364. The van der Waals surface area contributed by atoms with Crippen molar-refractivity contribution in [2.75, 3.05) is 7.11 Å². The van der Waals surface area contributed by atoms with Crippen molar-refractivity contribution in [3.63, 3.8) is 0 Å². The van der Waals surface area contributed by atoms with Crippen molar-refractivity contribution in [1.82, 2.24) is 0 Å². The molecule has 0 fully saturated rings. The van der Waals surface area contributed by atoms with E-state index in [0.29, 0.717) is 5.56 Å². The molecule has 0 aliphatic heterocycles. The molecule has 16 heavy (non-hydrogen) atoms. The molecule has 0 saturated heterocycles. The van der Waals surface area contributed by atoms with Crippen LogP contribution in [-0.4, -0.2) is 18.2 Å². The lowest BCUT2D eigenvalue weighted by Crippen LogP contribution is -2.10. The molecule has 5 heteroatoms. The summed E-state index contributed by atoms with van der Waals surface area (Å²) in [4.78, 5) is 10.9. The molecule has 0 amide bonds. The average Bonchev–Trinajstić information content (AvgIpc) is 2.24. The third-order valence-electron chi connectivity index (χ3n) is 2.46. The van der Waals surface area contributed by atoms with Crippen LogP contribution in [0.1, 0.15) is 24.0 Å². The predicted molar refractivity (Wildman–Crippen MR) is 58.7 cm³/mol. The highest BCUT2D eigenvalue weighted by molar-refractivity contribution is 6.31. The molecule has 1 aromatic carbocycles. The first kappa shape index (κ1) is 12.8. The third-order valence-corrected chi connectivity index (χ3v) is 2.74. The molecule has 88 valence electrons. The molecule has 1 rings (SSSR count). The van der Waals surface area contributed by atoms with Crippen LogP contribution in [0.25, 0.3) is 0 Å². The van der Waals surface area contributed by atoms with Gasteiger partial charge in [0.1, 0.15) is 11.6 Å². The maximum Gasteiger partial charge on any atom is 0.310 e. The Labute approximate surface area is 97.8 Å². The normalized spacial score (nSPS) is 12.3. The molecule has 1 N–H and O–H groups in total. The van der Waals surface area contributed by atoms with Gasteiger partial charge >= 0.3 is 5.97 Å². The highest BCUT2D eigenvalue weighted by Gasteiger charge is 2.23. The summed E-state index contributed by atoms with van der Waals surface area (Å²) in [6.45, 7) is 2.99. The highest BCUT2D eigenvalue weighted by Crippen LogP contribution is 2.35. The van der Waals surface area contributed by atoms with Crippen LogP contribution in [0.2, 0.25) is 5.02 Å². The Kier molecular flexibility index (Phi) is 3.75. The van der Waals surface area contributed by atoms with Gasteiger partial charge in [-0.2, -0.15) is 0 Å². The topological polar surface area (TPSA) is 46.5 Å². The number of benzene rings is 1. The fourth-order valence-corrected chi connectivity index (χ4v) is 1.75. The molecule has 0 radical (unpaired) electrons. The van der Waals surface area contributed by atoms with Gasteiger partial charge in [0.05, 0.1) is 18.1 Å². The molecule has 1 unspecified atom stereocenters. The van der Waals surface area contributed by atoms with E-state index in [1.165, 1.54) is 27.0 Å². The summed E-state index contributed by atoms with van der Waals surface area (Å²) in [6, 6.07) is 1.29. The van der Waals surface area contributed by atoms with Gasteiger partial charge in [-0.05, 0) is 19.9 Å². The first-order valence-electron chi connectivity index (χ1n) is 4.65. The molecule has 1 aromatic rings. The molecule has 0 saturated carbocycles. The van der Waals surface area contributed by atoms with Crippen molar-refractivity contribution in [2.45, 2.75) is 19.8 Å². The van der Waals surface area contributed by atoms with Gasteiger partial charge in [0.2, 0.25) is 0 Å². The Morgan fingerprint density at radius 1 is 1.62 bits per heavy atom. The van der Waals surface area contributed by atoms with Gasteiger partial charge in [0, 0.05) is 11.1 Å². The van der Waals surface area contributed by atoms with Crippen molar-refractivity contribution < 1.29 is 19.0 Å². The molecule has 3 nitrogen and oxygen atoms in total. The summed E-state index contributed by atoms with van der Waals surface area (Å²) >= 11 is 5.67. The van der Waals surface area contributed by atoms with E-state index in [2.05, 4.69) is 0 Å². The van der Waals surface area contributed by atoms with Crippen LogP contribution < -0.4 is 4.74 Å². The van der Waals surface area contributed by atoms with Crippen LogP contribution in [0.4, 0.5) is 4.39 Å². The maximum atomic E-state index is 13.5. The zero-order chi connectivity index (χ0) is 12.5. The Morgan fingerprint density at radius 2 is 2.19 bits per heavy atom. The van der Waals surface area contributed by atoms with Gasteiger partial charge in [-0.15, -0.1) is 0 Å². The van der Waals surface area contributed by atoms with Gasteiger partial charge in [-0.1, -0.05) is 11.6 Å². The van der Waals surface area contributed by atoms with E-state index in [4.69, 9.17) is 21.4 Å². The van der Waals surface area contributed by atoms with Crippen molar-refractivity contribution in [3.05, 3.63) is 28.0 Å². The molecule has 1 atom stereocenters. The summed E-state index contributed by atoms with van der Waals surface area (Å²) in [7, 11) is 1.37. The largest absolute Gasteiger partial charge is 0.496 e. The molecular formula is C11H12ClFO3. The number of aliphatic carboxylic acids is 1. The minimum absolute atomic E-state index is 0.0959. The lowest BCUT2D eigenvalue weighted by molar-refractivity contribution is -0.138. The first-order chi connectivity index (χ1) is 7.40. The number of carbonyl (C=O) groups is 1. The molecule has 0 heterocycles. The quantitative estimate of drug-likeness (QED) is 0.892. The lowest BCUT2D eigenvalue weighted by Gasteiger charge is -2.15. The smallest absolute Gasteiger partial charge is 0.310 e. The summed E-state index contributed by atoms with van der Waals surface area (Å²) in [6.07, 6.45) is 0. The molecular weight excluding hydrogens is 235 g/mol. The van der Waals surface area contributed by atoms with Gasteiger partial charge in [0.15, 0.2) is 0 Å². The summed E-state index contributed by atoms with van der Waals surface area (Å²) in [5.74, 6) is -2.16. The fourth-order valence-electron chi connectivity index (χ4n) is 1.49. The number of hydrogen-bond donors (Lipinski definition) is 1. The lowest BCUT2D eigenvalue weighted by atomic mass is 9.97. The Bertz CT molecular complexity index is 432. The number of carboxylic acids is 1. The standard InChI is InChI=1S/C11H12ClFO3/c1-5(11(14)15)7-4-8(12)9(13)6(2)10(7)16-3/h4-5H,1-3H3,(H,14,15). The van der Waals surface area contributed by atoms with Crippen LogP contribution in [-0.2, 0) is 4.79 Å². The van der Waals surface area contributed by atoms with E-state index in [0.717, 1.165) is 0 Å². The second-order valence-corrected chi connectivity index (χ2v) is 3.89. The maximum absolute atomic E-state index is 13.5. The van der Waals surface area contributed by atoms with Gasteiger partial charge in [0.25, 0.3) is 0 Å². The number of carboxylic acid groups (broad SMARTS) is 1. The minimum atomic E-state index is -1.01. The zero-order valence-corrected chi connectivity index (χ0v) is 9.93. The molecule has 0 aromatic heterocycles. The SMILES string of the molecule is COc1c(C(C)C(=O)O)cc(Cl)c(F)c1C. The number of methoxy groups -OCH3 is 1. The van der Waals surface area contributed by atoms with E-state index in [1.54, 1.807) is 0 Å². The van der Waals surface area contributed by atoms with E-state index >= 15 is 0 Å². The number of halogens is 2. The second-order valence-electron chi connectivity index (χ2n) is 3.48. The summed E-state index contributed by atoms with van der Waals surface area (Å²) in [5.41, 5.74) is 0.594. The van der Waals surface area contributed by atoms with Crippen LogP contribution in [0, 0.1) is 12.7 Å². The van der Waals surface area contributed by atoms with E-state index in [9.17, 15) is 9.18 Å². The van der Waals surface area contributed by atoms with Crippen LogP contribution in [0.15, 0.2) is 6.07 Å². The minimum Gasteiger partial charge on any atom is -0.496 e. The van der Waals surface area contributed by atoms with Crippen molar-refractivity contribution in [3.8, 4) is 5.75 Å². The zero-order valence-electron chi connectivity index (χ0n) is 9.17. The third kappa shape index (κ3) is 2.11. The van der Waals surface area contributed by atoms with Crippen molar-refractivity contribution >= 4 is 17.6 Å². The van der Waals surface area contributed by atoms with Gasteiger partial charge in [-0.3, -0.25) is 4.79 Å². The molecule has 0 aliphatic carbocycles. The van der Waals surface area contributed by atoms with Crippen LogP contribution in [0.5, 0.6) is 5.75 Å². The van der Waals surface area contributed by atoms with Gasteiger partial charge < -0.3 is 9.84 Å².